The second kappa shape index (κ2) is 11.0. The number of benzene rings is 1. The average Bonchev–Trinajstić information content (AvgIpc) is 2.70. The fourth-order valence-electron chi connectivity index (χ4n) is 2.97. The van der Waals surface area contributed by atoms with Crippen LogP contribution in [0.2, 0.25) is 0 Å². The van der Waals surface area contributed by atoms with Crippen molar-refractivity contribution in [2.45, 2.75) is 44.5 Å². The number of likely N-dealkylation sites (tertiary alicyclic amines) is 1. The molecule has 1 aliphatic rings. The topological polar surface area (TPSA) is 102 Å². The number of esters is 1. The lowest BCUT2D eigenvalue weighted by Gasteiger charge is -2.31. The smallest absolute Gasteiger partial charge is 0.410 e. The number of rotatable bonds is 9. The zero-order valence-electron chi connectivity index (χ0n) is 16.1. The second-order valence-electron chi connectivity index (χ2n) is 6.60. The van der Waals surface area contributed by atoms with Gasteiger partial charge in [-0.05, 0) is 31.7 Å². The molecule has 1 aromatic carbocycles. The van der Waals surface area contributed by atoms with Gasteiger partial charge in [0.1, 0.15) is 6.61 Å². The Morgan fingerprint density at radius 3 is 2.68 bits per heavy atom. The van der Waals surface area contributed by atoms with Crippen LogP contribution in [0.3, 0.4) is 0 Å². The highest BCUT2D eigenvalue weighted by atomic mass is 32.2. The minimum absolute atomic E-state index is 0.0980. The number of carbonyl (C=O) groups is 2. The lowest BCUT2D eigenvalue weighted by molar-refractivity contribution is -0.143. The van der Waals surface area contributed by atoms with Crippen LogP contribution >= 0.6 is 0 Å². The second-order valence-corrected chi connectivity index (χ2v) is 8.64. The molecule has 0 unspecified atom stereocenters. The third-order valence-corrected chi connectivity index (χ3v) is 6.32. The first-order valence-electron chi connectivity index (χ1n) is 9.52. The van der Waals surface area contributed by atoms with Crippen molar-refractivity contribution in [1.29, 1.82) is 0 Å². The van der Waals surface area contributed by atoms with Gasteiger partial charge in [0.2, 0.25) is 10.0 Å². The van der Waals surface area contributed by atoms with Crippen molar-refractivity contribution >= 4 is 22.1 Å². The third-order valence-electron chi connectivity index (χ3n) is 4.45. The summed E-state index contributed by atoms with van der Waals surface area (Å²) in [5, 5.41) is -0.687. The van der Waals surface area contributed by atoms with E-state index < -0.39 is 21.4 Å². The Bertz CT molecular complexity index is 738. The first kappa shape index (κ1) is 22.2. The highest BCUT2D eigenvalue weighted by Crippen LogP contribution is 2.18. The van der Waals surface area contributed by atoms with E-state index in [0.717, 1.165) is 5.56 Å². The van der Waals surface area contributed by atoms with Gasteiger partial charge in [-0.2, -0.15) is 0 Å². The van der Waals surface area contributed by atoms with Crippen LogP contribution in [-0.2, 0) is 30.9 Å². The van der Waals surface area contributed by atoms with Crippen molar-refractivity contribution in [3.8, 4) is 0 Å². The molecule has 0 radical (unpaired) electrons. The fraction of sp³-hybridized carbons (Fsp3) is 0.579. The van der Waals surface area contributed by atoms with Gasteiger partial charge in [-0.3, -0.25) is 4.79 Å². The molecule has 1 saturated heterocycles. The molecule has 1 atom stereocenters. The van der Waals surface area contributed by atoms with Gasteiger partial charge in [0.25, 0.3) is 0 Å². The van der Waals surface area contributed by atoms with Crippen LogP contribution in [0.5, 0.6) is 0 Å². The van der Waals surface area contributed by atoms with Gasteiger partial charge in [-0.15, -0.1) is 0 Å². The molecule has 156 valence electrons. The molecule has 28 heavy (non-hydrogen) atoms. The Labute approximate surface area is 166 Å². The zero-order chi connectivity index (χ0) is 20.4. The summed E-state index contributed by atoms with van der Waals surface area (Å²) < 4.78 is 37.6. The highest BCUT2D eigenvalue weighted by Gasteiger charge is 2.33. The molecule has 1 fully saturated rings. The molecule has 1 aliphatic heterocycles. The predicted octanol–water partition coefficient (Wildman–Crippen LogP) is 2.05. The van der Waals surface area contributed by atoms with Crippen molar-refractivity contribution in [2.75, 3.05) is 26.2 Å². The number of piperidine rings is 1. The molecule has 0 saturated carbocycles. The predicted molar refractivity (Wildman–Crippen MR) is 104 cm³/mol. The third kappa shape index (κ3) is 7.12. The standard InChI is InChI=1S/C19H28N2O6S/c1-2-26-18(22)11-6-12-20-28(24,25)17-10-7-13-21(14-17)19(23)27-15-16-8-4-3-5-9-16/h3-5,8-9,17,20H,2,6-7,10-15H2,1H3/t17-/m1/s1. The quantitative estimate of drug-likeness (QED) is 0.492. The Hall–Kier alpha value is -2.13. The molecule has 0 aromatic heterocycles. The maximum Gasteiger partial charge on any atom is 0.410 e. The molecular formula is C19H28N2O6S. The Morgan fingerprint density at radius 2 is 1.96 bits per heavy atom. The van der Waals surface area contributed by atoms with E-state index in [2.05, 4.69) is 4.72 Å². The summed E-state index contributed by atoms with van der Waals surface area (Å²) in [6.45, 7) is 2.92. The van der Waals surface area contributed by atoms with E-state index in [-0.39, 0.29) is 32.1 Å². The summed E-state index contributed by atoms with van der Waals surface area (Å²) in [4.78, 5) is 25.0. The summed E-state index contributed by atoms with van der Waals surface area (Å²) >= 11 is 0. The molecule has 0 bridgehead atoms. The number of nitrogens with zero attached hydrogens (tertiary/aromatic N) is 1. The number of sulfonamides is 1. The minimum atomic E-state index is -3.58. The summed E-state index contributed by atoms with van der Waals surface area (Å²) in [5.74, 6) is -0.341. The largest absolute Gasteiger partial charge is 0.466 e. The summed E-state index contributed by atoms with van der Waals surface area (Å²) in [5.41, 5.74) is 0.875. The molecule has 0 spiro atoms. The van der Waals surface area contributed by atoms with Gasteiger partial charge < -0.3 is 14.4 Å². The van der Waals surface area contributed by atoms with E-state index in [4.69, 9.17) is 9.47 Å². The lowest BCUT2D eigenvalue weighted by atomic mass is 10.1. The van der Waals surface area contributed by atoms with Crippen molar-refractivity contribution in [1.82, 2.24) is 9.62 Å². The van der Waals surface area contributed by atoms with E-state index in [9.17, 15) is 18.0 Å². The van der Waals surface area contributed by atoms with Crippen LogP contribution in [0.25, 0.3) is 0 Å². The molecule has 1 heterocycles. The van der Waals surface area contributed by atoms with E-state index in [1.165, 1.54) is 4.90 Å². The van der Waals surface area contributed by atoms with Crippen LogP contribution in [0.1, 0.15) is 38.2 Å². The summed E-state index contributed by atoms with van der Waals surface area (Å²) in [6, 6.07) is 9.32. The maximum atomic E-state index is 12.5. The molecule has 9 heteroatoms. The highest BCUT2D eigenvalue weighted by molar-refractivity contribution is 7.90. The van der Waals surface area contributed by atoms with Crippen LogP contribution < -0.4 is 4.72 Å². The molecule has 2 rings (SSSR count). The molecule has 8 nitrogen and oxygen atoms in total. The Morgan fingerprint density at radius 1 is 1.21 bits per heavy atom. The summed E-state index contributed by atoms with van der Waals surface area (Å²) in [6.07, 6.45) is 1.10. The van der Waals surface area contributed by atoms with Crippen LogP contribution in [0.4, 0.5) is 4.79 Å². The van der Waals surface area contributed by atoms with Gasteiger partial charge in [0, 0.05) is 26.1 Å². The molecule has 1 N–H and O–H groups in total. The normalized spacial score (nSPS) is 17.2. The first-order chi connectivity index (χ1) is 13.4. The van der Waals surface area contributed by atoms with Gasteiger partial charge in [-0.25, -0.2) is 17.9 Å². The van der Waals surface area contributed by atoms with Gasteiger partial charge in [-0.1, -0.05) is 30.3 Å². The van der Waals surface area contributed by atoms with E-state index in [1.807, 2.05) is 30.3 Å². The number of hydrogen-bond donors (Lipinski definition) is 1. The fourth-order valence-corrected chi connectivity index (χ4v) is 4.48. The molecule has 0 aliphatic carbocycles. The van der Waals surface area contributed by atoms with Crippen LogP contribution in [0.15, 0.2) is 30.3 Å². The number of nitrogens with one attached hydrogen (secondary N) is 1. The minimum Gasteiger partial charge on any atom is -0.466 e. The Kier molecular flexibility index (Phi) is 8.72. The van der Waals surface area contributed by atoms with Crippen LogP contribution in [-0.4, -0.2) is 56.9 Å². The summed E-state index contributed by atoms with van der Waals surface area (Å²) in [7, 11) is -3.58. The van der Waals surface area contributed by atoms with E-state index >= 15 is 0 Å². The number of carbonyl (C=O) groups excluding carboxylic acids is 2. The molecular weight excluding hydrogens is 384 g/mol. The van der Waals surface area contributed by atoms with E-state index in [0.29, 0.717) is 32.4 Å². The lowest BCUT2D eigenvalue weighted by Crippen LogP contribution is -2.48. The molecule has 1 aromatic rings. The van der Waals surface area contributed by atoms with Crippen molar-refractivity contribution in [3.63, 3.8) is 0 Å². The maximum absolute atomic E-state index is 12.5. The number of amides is 1. The van der Waals surface area contributed by atoms with Gasteiger partial charge >= 0.3 is 12.1 Å². The van der Waals surface area contributed by atoms with Crippen molar-refractivity contribution in [2.24, 2.45) is 0 Å². The molecule has 1 amide bonds. The SMILES string of the molecule is CCOC(=O)CCCNS(=O)(=O)[C@@H]1CCCN(C(=O)OCc2ccccc2)C1. The van der Waals surface area contributed by atoms with Crippen molar-refractivity contribution in [3.05, 3.63) is 35.9 Å². The van der Waals surface area contributed by atoms with Crippen molar-refractivity contribution < 1.29 is 27.5 Å². The number of hydrogen-bond acceptors (Lipinski definition) is 6. The Balaban J connectivity index is 1.78. The van der Waals surface area contributed by atoms with Crippen LogP contribution in [0, 0.1) is 0 Å². The van der Waals surface area contributed by atoms with Gasteiger partial charge in [0.05, 0.1) is 11.9 Å². The van der Waals surface area contributed by atoms with E-state index in [1.54, 1.807) is 6.92 Å². The number of ether oxygens (including phenoxy) is 2. The monoisotopic (exact) mass is 412 g/mol. The zero-order valence-corrected chi connectivity index (χ0v) is 16.9. The average molecular weight is 413 g/mol. The van der Waals surface area contributed by atoms with Gasteiger partial charge in [0.15, 0.2) is 0 Å². The first-order valence-corrected chi connectivity index (χ1v) is 11.1.